The van der Waals surface area contributed by atoms with Crippen molar-refractivity contribution in [2.24, 2.45) is 0 Å². The van der Waals surface area contributed by atoms with Crippen LogP contribution in [-0.2, 0) is 11.2 Å². The van der Waals surface area contributed by atoms with Gasteiger partial charge < -0.3 is 14.8 Å². The topological polar surface area (TPSA) is 47.6 Å². The first-order valence-electron chi connectivity index (χ1n) is 7.01. The average Bonchev–Trinajstić information content (AvgIpc) is 2.81. The summed E-state index contributed by atoms with van der Waals surface area (Å²) in [6, 6.07) is 3.89. The molecule has 5 heteroatoms. The van der Waals surface area contributed by atoms with Crippen LogP contribution in [0.4, 0.5) is 0 Å². The van der Waals surface area contributed by atoms with Crippen LogP contribution in [0.15, 0.2) is 12.1 Å². The molecule has 1 aromatic rings. The molecule has 0 aliphatic carbocycles. The van der Waals surface area contributed by atoms with E-state index in [2.05, 4.69) is 12.2 Å². The third kappa shape index (κ3) is 2.44. The molecule has 0 spiro atoms. The minimum Gasteiger partial charge on any atom is -0.486 e. The standard InChI is InChI=1S/C15H18ClNO3/c1-2-15(4-3-13(18)17-15)9-10-7-11(16)14-12(8-10)19-5-6-20-14/h7-8H,2-6,9H2,1H3,(H,17,18). The normalized spacial score (nSPS) is 24.6. The Kier molecular flexibility index (Phi) is 3.50. The minimum absolute atomic E-state index is 0.135. The molecule has 1 amide bonds. The largest absolute Gasteiger partial charge is 0.486 e. The quantitative estimate of drug-likeness (QED) is 0.933. The number of fused-ring (bicyclic) bond motifs is 1. The zero-order chi connectivity index (χ0) is 14.2. The number of ether oxygens (including phenoxy) is 2. The van der Waals surface area contributed by atoms with E-state index in [1.54, 1.807) is 0 Å². The number of hydrogen-bond donors (Lipinski definition) is 1. The van der Waals surface area contributed by atoms with Crippen LogP contribution in [-0.4, -0.2) is 24.7 Å². The Morgan fingerprint density at radius 1 is 1.35 bits per heavy atom. The van der Waals surface area contributed by atoms with E-state index in [4.69, 9.17) is 21.1 Å². The lowest BCUT2D eigenvalue weighted by molar-refractivity contribution is -0.119. The van der Waals surface area contributed by atoms with Gasteiger partial charge in [-0.1, -0.05) is 18.5 Å². The Hall–Kier alpha value is -1.42. The molecule has 20 heavy (non-hydrogen) atoms. The molecule has 1 atom stereocenters. The fourth-order valence-corrected chi connectivity index (χ4v) is 3.24. The summed E-state index contributed by atoms with van der Waals surface area (Å²) in [6.07, 6.45) is 3.15. The molecule has 3 rings (SSSR count). The summed E-state index contributed by atoms with van der Waals surface area (Å²) in [6.45, 7) is 3.18. The second-order valence-electron chi connectivity index (χ2n) is 5.46. The van der Waals surface area contributed by atoms with Gasteiger partial charge in [0.05, 0.1) is 5.02 Å². The monoisotopic (exact) mass is 295 g/mol. The second kappa shape index (κ2) is 5.17. The van der Waals surface area contributed by atoms with E-state index in [0.29, 0.717) is 36.2 Å². The van der Waals surface area contributed by atoms with Crippen molar-refractivity contribution in [2.75, 3.05) is 13.2 Å². The molecule has 1 aromatic carbocycles. The first-order chi connectivity index (χ1) is 9.62. The van der Waals surface area contributed by atoms with Crippen LogP contribution in [0.5, 0.6) is 11.5 Å². The van der Waals surface area contributed by atoms with Crippen molar-refractivity contribution in [2.45, 2.75) is 38.1 Å². The van der Waals surface area contributed by atoms with Crippen molar-refractivity contribution < 1.29 is 14.3 Å². The highest BCUT2D eigenvalue weighted by Crippen LogP contribution is 2.40. The Labute approximate surface area is 123 Å². The number of carbonyl (C=O) groups excluding carboxylic acids is 1. The van der Waals surface area contributed by atoms with Crippen molar-refractivity contribution in [1.29, 1.82) is 0 Å². The summed E-state index contributed by atoms with van der Waals surface area (Å²) < 4.78 is 11.1. The van der Waals surface area contributed by atoms with Crippen molar-refractivity contribution >= 4 is 17.5 Å². The molecule has 1 saturated heterocycles. The second-order valence-corrected chi connectivity index (χ2v) is 5.87. The zero-order valence-corrected chi connectivity index (χ0v) is 12.3. The summed E-state index contributed by atoms with van der Waals surface area (Å²) >= 11 is 6.26. The highest BCUT2D eigenvalue weighted by molar-refractivity contribution is 6.32. The summed E-state index contributed by atoms with van der Waals surface area (Å²) in [7, 11) is 0. The molecular formula is C15H18ClNO3. The molecule has 0 saturated carbocycles. The Balaban J connectivity index is 1.87. The molecule has 2 aliphatic rings. The zero-order valence-electron chi connectivity index (χ0n) is 11.5. The number of hydrogen-bond acceptors (Lipinski definition) is 3. The number of benzene rings is 1. The Morgan fingerprint density at radius 2 is 2.15 bits per heavy atom. The molecule has 2 aliphatic heterocycles. The molecule has 0 aromatic heterocycles. The molecule has 1 fully saturated rings. The summed E-state index contributed by atoms with van der Waals surface area (Å²) in [5, 5.41) is 3.69. The predicted octanol–water partition coefficient (Wildman–Crippen LogP) is 2.71. The van der Waals surface area contributed by atoms with Gasteiger partial charge in [-0.25, -0.2) is 0 Å². The predicted molar refractivity (Wildman–Crippen MR) is 76.5 cm³/mol. The third-order valence-electron chi connectivity index (χ3n) is 4.11. The van der Waals surface area contributed by atoms with E-state index in [9.17, 15) is 4.79 Å². The van der Waals surface area contributed by atoms with Gasteiger partial charge in [0.2, 0.25) is 5.91 Å². The van der Waals surface area contributed by atoms with E-state index in [0.717, 1.165) is 24.8 Å². The van der Waals surface area contributed by atoms with Gasteiger partial charge in [0.25, 0.3) is 0 Å². The Morgan fingerprint density at radius 3 is 2.85 bits per heavy atom. The Bertz CT molecular complexity index is 546. The molecule has 2 heterocycles. The maximum Gasteiger partial charge on any atom is 0.220 e. The molecule has 0 radical (unpaired) electrons. The van der Waals surface area contributed by atoms with Crippen molar-refractivity contribution in [3.8, 4) is 11.5 Å². The average molecular weight is 296 g/mol. The lowest BCUT2D eigenvalue weighted by Gasteiger charge is -2.29. The van der Waals surface area contributed by atoms with Gasteiger partial charge in [-0.2, -0.15) is 0 Å². The van der Waals surface area contributed by atoms with Gasteiger partial charge in [-0.15, -0.1) is 0 Å². The van der Waals surface area contributed by atoms with Gasteiger partial charge in [-0.05, 0) is 37.0 Å². The number of amides is 1. The van der Waals surface area contributed by atoms with E-state index in [1.807, 2.05) is 12.1 Å². The van der Waals surface area contributed by atoms with Gasteiger partial charge >= 0.3 is 0 Å². The number of carbonyl (C=O) groups is 1. The first-order valence-corrected chi connectivity index (χ1v) is 7.39. The molecule has 4 nitrogen and oxygen atoms in total. The lowest BCUT2D eigenvalue weighted by Crippen LogP contribution is -2.42. The third-order valence-corrected chi connectivity index (χ3v) is 4.39. The minimum atomic E-state index is -0.149. The smallest absolute Gasteiger partial charge is 0.220 e. The first kappa shape index (κ1) is 13.6. The molecular weight excluding hydrogens is 278 g/mol. The number of halogens is 1. The molecule has 0 bridgehead atoms. The summed E-state index contributed by atoms with van der Waals surface area (Å²) in [5.74, 6) is 1.47. The van der Waals surface area contributed by atoms with Gasteiger partial charge in [0, 0.05) is 12.0 Å². The molecule has 1 unspecified atom stereocenters. The van der Waals surface area contributed by atoms with Crippen LogP contribution in [0.3, 0.4) is 0 Å². The van der Waals surface area contributed by atoms with Crippen molar-refractivity contribution in [3.05, 3.63) is 22.7 Å². The maximum atomic E-state index is 11.5. The highest BCUT2D eigenvalue weighted by atomic mass is 35.5. The summed E-state index contributed by atoms with van der Waals surface area (Å²) in [5.41, 5.74) is 0.924. The van der Waals surface area contributed by atoms with Crippen LogP contribution in [0.2, 0.25) is 5.02 Å². The van der Waals surface area contributed by atoms with Crippen LogP contribution in [0, 0.1) is 0 Å². The van der Waals surface area contributed by atoms with Crippen molar-refractivity contribution in [1.82, 2.24) is 5.32 Å². The number of rotatable bonds is 3. The van der Waals surface area contributed by atoms with Crippen LogP contribution in [0.1, 0.15) is 31.7 Å². The van der Waals surface area contributed by atoms with Gasteiger partial charge in [0.15, 0.2) is 11.5 Å². The fourth-order valence-electron chi connectivity index (χ4n) is 2.95. The van der Waals surface area contributed by atoms with E-state index in [1.165, 1.54) is 0 Å². The van der Waals surface area contributed by atoms with Gasteiger partial charge in [-0.3, -0.25) is 4.79 Å². The fraction of sp³-hybridized carbons (Fsp3) is 0.533. The molecule has 1 N–H and O–H groups in total. The van der Waals surface area contributed by atoms with Crippen LogP contribution >= 0.6 is 11.6 Å². The van der Waals surface area contributed by atoms with E-state index >= 15 is 0 Å². The van der Waals surface area contributed by atoms with E-state index < -0.39 is 0 Å². The summed E-state index contributed by atoms with van der Waals surface area (Å²) in [4.78, 5) is 11.5. The van der Waals surface area contributed by atoms with Gasteiger partial charge in [0.1, 0.15) is 13.2 Å². The lowest BCUT2D eigenvalue weighted by atomic mass is 9.87. The van der Waals surface area contributed by atoms with E-state index in [-0.39, 0.29) is 11.4 Å². The van der Waals surface area contributed by atoms with Crippen LogP contribution in [0.25, 0.3) is 0 Å². The maximum absolute atomic E-state index is 11.5. The van der Waals surface area contributed by atoms with Crippen molar-refractivity contribution in [3.63, 3.8) is 0 Å². The number of nitrogens with one attached hydrogen (secondary N) is 1. The van der Waals surface area contributed by atoms with Crippen LogP contribution < -0.4 is 14.8 Å². The molecule has 108 valence electrons. The highest BCUT2D eigenvalue weighted by Gasteiger charge is 2.36. The SMILES string of the molecule is CCC1(Cc2cc(Cl)c3c(c2)OCCO3)CCC(=O)N1.